The Labute approximate surface area is 150 Å². The molecule has 2 unspecified atom stereocenters. The van der Waals surface area contributed by atoms with Crippen LogP contribution in [0.5, 0.6) is 0 Å². The van der Waals surface area contributed by atoms with Crippen molar-refractivity contribution in [3.8, 4) is 0 Å². The van der Waals surface area contributed by atoms with Crippen molar-refractivity contribution in [2.45, 2.75) is 50.7 Å². The van der Waals surface area contributed by atoms with E-state index in [1.54, 1.807) is 4.90 Å². The van der Waals surface area contributed by atoms with Crippen molar-refractivity contribution >= 4 is 11.9 Å². The van der Waals surface area contributed by atoms with E-state index in [0.717, 1.165) is 51.7 Å². The summed E-state index contributed by atoms with van der Waals surface area (Å²) in [6.07, 6.45) is 4.91. The molecular weight excluding hydrogens is 318 g/mol. The highest BCUT2D eigenvalue weighted by molar-refractivity contribution is 5.79. The van der Waals surface area contributed by atoms with Crippen LogP contribution in [0, 0.1) is 11.8 Å². The zero-order valence-corrected chi connectivity index (χ0v) is 15.8. The largest absolute Gasteiger partial charge is 0.331 e. The van der Waals surface area contributed by atoms with Gasteiger partial charge < -0.3 is 25.8 Å². The minimum Gasteiger partial charge on any atom is -0.331 e. The lowest BCUT2D eigenvalue weighted by molar-refractivity contribution is -0.131. The van der Waals surface area contributed by atoms with Crippen molar-refractivity contribution in [3.05, 3.63) is 0 Å². The van der Waals surface area contributed by atoms with Gasteiger partial charge in [0.05, 0.1) is 12.7 Å². The van der Waals surface area contributed by atoms with Crippen LogP contribution in [0.15, 0.2) is 0 Å². The lowest BCUT2D eigenvalue weighted by Crippen LogP contribution is -2.51. The molecule has 3 aliphatic rings. The summed E-state index contributed by atoms with van der Waals surface area (Å²) in [6.45, 7) is 5.05. The Balaban J connectivity index is 1.54. The predicted octanol–water partition coefficient (Wildman–Crippen LogP) is 0.655. The Hall–Kier alpha value is -1.34. The molecule has 3 rings (SSSR count). The smallest absolute Gasteiger partial charge is 0.319 e. The van der Waals surface area contributed by atoms with Crippen molar-refractivity contribution in [1.82, 2.24) is 20.0 Å². The second kappa shape index (κ2) is 7.11. The number of nitrogens with one attached hydrogen (secondary N) is 1. The maximum Gasteiger partial charge on any atom is 0.319 e. The number of hydrogen-bond donors (Lipinski definition) is 2. The highest BCUT2D eigenvalue weighted by Gasteiger charge is 2.49. The number of carbonyl (C=O) groups excluding carboxylic acids is 2. The molecule has 3 fully saturated rings. The molecule has 0 aromatic rings. The second-order valence-corrected chi connectivity index (χ2v) is 8.29. The minimum absolute atomic E-state index is 0.0298. The van der Waals surface area contributed by atoms with Crippen LogP contribution < -0.4 is 11.1 Å². The van der Waals surface area contributed by atoms with Crippen molar-refractivity contribution < 1.29 is 9.59 Å². The van der Waals surface area contributed by atoms with Gasteiger partial charge in [-0.2, -0.15) is 0 Å². The van der Waals surface area contributed by atoms with Crippen LogP contribution >= 0.6 is 0 Å². The van der Waals surface area contributed by atoms with Gasteiger partial charge in [-0.25, -0.2) is 4.79 Å². The molecule has 0 radical (unpaired) electrons. The van der Waals surface area contributed by atoms with Gasteiger partial charge in [-0.3, -0.25) is 4.79 Å². The van der Waals surface area contributed by atoms with Crippen LogP contribution in [0.25, 0.3) is 0 Å². The van der Waals surface area contributed by atoms with E-state index in [0.29, 0.717) is 18.4 Å². The fraction of sp³-hybridized carbons (Fsp3) is 0.889. The second-order valence-electron chi connectivity index (χ2n) is 8.29. The SMILES string of the molecule is CCC1(NCC(=O)N2CCCC2N)C[C@H]2CN(C(=O)N(C)C)C[C@H]2C1. The van der Waals surface area contributed by atoms with E-state index < -0.39 is 0 Å². The molecule has 7 heteroatoms. The van der Waals surface area contributed by atoms with Gasteiger partial charge in [0.25, 0.3) is 0 Å². The third-order valence-corrected chi connectivity index (χ3v) is 6.45. The average molecular weight is 351 g/mol. The molecule has 0 aromatic heterocycles. The third-order valence-electron chi connectivity index (χ3n) is 6.45. The molecule has 0 aromatic carbocycles. The molecule has 142 valence electrons. The first kappa shape index (κ1) is 18.5. The monoisotopic (exact) mass is 351 g/mol. The first-order valence-electron chi connectivity index (χ1n) is 9.61. The molecular formula is C18H33N5O2. The number of carbonyl (C=O) groups is 2. The summed E-state index contributed by atoms with van der Waals surface area (Å²) < 4.78 is 0. The molecule has 25 heavy (non-hydrogen) atoms. The number of amides is 3. The fourth-order valence-corrected chi connectivity index (χ4v) is 4.95. The van der Waals surface area contributed by atoms with Gasteiger partial charge in [-0.05, 0) is 43.9 Å². The number of rotatable bonds is 4. The Bertz CT molecular complexity index is 510. The van der Waals surface area contributed by atoms with E-state index in [1.807, 2.05) is 23.9 Å². The van der Waals surface area contributed by atoms with E-state index in [9.17, 15) is 9.59 Å². The number of hydrogen-bond acceptors (Lipinski definition) is 4. The van der Waals surface area contributed by atoms with Crippen molar-refractivity contribution in [3.63, 3.8) is 0 Å². The lowest BCUT2D eigenvalue weighted by Gasteiger charge is -2.33. The van der Waals surface area contributed by atoms with Gasteiger partial charge in [-0.15, -0.1) is 0 Å². The summed E-state index contributed by atoms with van der Waals surface area (Å²) in [7, 11) is 3.62. The maximum absolute atomic E-state index is 12.5. The topological polar surface area (TPSA) is 81.9 Å². The molecule has 0 spiro atoms. The maximum atomic E-state index is 12.5. The molecule has 2 saturated heterocycles. The highest BCUT2D eigenvalue weighted by Crippen LogP contribution is 2.45. The number of urea groups is 1. The standard InChI is InChI=1S/C18H33N5O2/c1-4-18(20-10-16(24)23-7-5-6-15(23)19)8-13-11-22(12-14(13)9-18)17(25)21(2)3/h13-15,20H,4-12,19H2,1-3H3/t13-,14+,15?,18?. The van der Waals surface area contributed by atoms with Crippen LogP contribution in [-0.4, -0.2) is 78.6 Å². The molecule has 7 nitrogen and oxygen atoms in total. The Morgan fingerprint density at radius 1 is 1.24 bits per heavy atom. The van der Waals surface area contributed by atoms with Crippen LogP contribution in [0.4, 0.5) is 4.79 Å². The predicted molar refractivity (Wildman–Crippen MR) is 96.8 cm³/mol. The van der Waals surface area contributed by atoms with E-state index >= 15 is 0 Å². The molecule has 1 saturated carbocycles. The van der Waals surface area contributed by atoms with Crippen LogP contribution in [0.2, 0.25) is 0 Å². The molecule has 2 heterocycles. The van der Waals surface area contributed by atoms with E-state index in [1.165, 1.54) is 0 Å². The fourth-order valence-electron chi connectivity index (χ4n) is 4.95. The Kier molecular flexibility index (Phi) is 5.25. The van der Waals surface area contributed by atoms with Gasteiger partial charge in [0.15, 0.2) is 0 Å². The highest BCUT2D eigenvalue weighted by atomic mass is 16.2. The molecule has 3 amide bonds. The third kappa shape index (κ3) is 3.62. The number of nitrogens with two attached hydrogens (primary N) is 1. The summed E-state index contributed by atoms with van der Waals surface area (Å²) in [4.78, 5) is 30.1. The zero-order chi connectivity index (χ0) is 18.2. The molecule has 3 N–H and O–H groups in total. The lowest BCUT2D eigenvalue weighted by atomic mass is 9.92. The first-order chi connectivity index (χ1) is 11.8. The summed E-state index contributed by atoms with van der Waals surface area (Å²) in [5.74, 6) is 1.21. The number of fused-ring (bicyclic) bond motifs is 1. The quantitative estimate of drug-likeness (QED) is 0.779. The average Bonchev–Trinajstić information content (AvgIpc) is 3.25. The van der Waals surface area contributed by atoms with Gasteiger partial charge >= 0.3 is 6.03 Å². The van der Waals surface area contributed by atoms with Crippen molar-refractivity contribution in [2.75, 3.05) is 40.3 Å². The normalized spacial score (nSPS) is 34.5. The van der Waals surface area contributed by atoms with Gasteiger partial charge in [0, 0.05) is 39.3 Å². The zero-order valence-electron chi connectivity index (χ0n) is 15.8. The van der Waals surface area contributed by atoms with Crippen molar-refractivity contribution in [2.24, 2.45) is 17.6 Å². The first-order valence-corrected chi connectivity index (χ1v) is 9.61. The summed E-state index contributed by atoms with van der Waals surface area (Å²) in [5.41, 5.74) is 6.04. The molecule has 4 atom stereocenters. The number of nitrogens with zero attached hydrogens (tertiary/aromatic N) is 3. The summed E-state index contributed by atoms with van der Waals surface area (Å²) >= 11 is 0. The van der Waals surface area contributed by atoms with Gasteiger partial charge in [0.2, 0.25) is 5.91 Å². The number of likely N-dealkylation sites (tertiary alicyclic amines) is 2. The molecule has 0 bridgehead atoms. The van der Waals surface area contributed by atoms with E-state index in [4.69, 9.17) is 5.73 Å². The van der Waals surface area contributed by atoms with E-state index in [-0.39, 0.29) is 23.6 Å². The van der Waals surface area contributed by atoms with E-state index in [2.05, 4.69) is 12.2 Å². The minimum atomic E-state index is -0.111. The molecule has 2 aliphatic heterocycles. The van der Waals surface area contributed by atoms with Gasteiger partial charge in [0.1, 0.15) is 0 Å². The summed E-state index contributed by atoms with van der Waals surface area (Å²) in [6, 6.07) is 0.114. The van der Waals surface area contributed by atoms with Crippen LogP contribution in [-0.2, 0) is 4.79 Å². The van der Waals surface area contributed by atoms with Gasteiger partial charge in [-0.1, -0.05) is 6.92 Å². The summed E-state index contributed by atoms with van der Waals surface area (Å²) in [5, 5.41) is 3.58. The Morgan fingerprint density at radius 2 is 1.88 bits per heavy atom. The van der Waals surface area contributed by atoms with Crippen molar-refractivity contribution in [1.29, 1.82) is 0 Å². The van der Waals surface area contributed by atoms with Crippen LogP contribution in [0.3, 0.4) is 0 Å². The Morgan fingerprint density at radius 3 is 2.36 bits per heavy atom. The van der Waals surface area contributed by atoms with Crippen LogP contribution in [0.1, 0.15) is 39.0 Å². The molecule has 1 aliphatic carbocycles.